The van der Waals surface area contributed by atoms with Crippen molar-refractivity contribution >= 4 is 0 Å². The zero-order valence-electron chi connectivity index (χ0n) is 11.3. The molecule has 1 fully saturated rings. The average molecular weight is 294 g/mol. The van der Waals surface area contributed by atoms with Crippen LogP contribution in [0.5, 0.6) is 0 Å². The summed E-state index contributed by atoms with van der Waals surface area (Å²) in [5, 5.41) is 3.64. The Bertz CT molecular complexity index is 643. The van der Waals surface area contributed by atoms with Crippen molar-refractivity contribution in [2.75, 3.05) is 13.2 Å². The lowest BCUT2D eigenvalue weighted by atomic mass is 10.0. The maximum Gasteiger partial charge on any atom is 0.438 e. The van der Waals surface area contributed by atoms with Crippen LogP contribution in [0.2, 0.25) is 0 Å². The van der Waals surface area contributed by atoms with E-state index in [-0.39, 0.29) is 5.82 Å². The molecule has 1 aliphatic heterocycles. The fraction of sp³-hybridized carbons (Fsp3) is 0.429. The number of ether oxygens (including phenoxy) is 2. The third kappa shape index (κ3) is 3.37. The molecule has 0 bridgehead atoms. The van der Waals surface area contributed by atoms with E-state index >= 15 is 0 Å². The number of hydrogen-bond acceptors (Lipinski definition) is 5. The van der Waals surface area contributed by atoms with E-state index in [1.165, 1.54) is 12.1 Å². The summed E-state index contributed by atoms with van der Waals surface area (Å²) < 4.78 is 28.8. The number of nitrogens with one attached hydrogen (secondary N) is 1. The van der Waals surface area contributed by atoms with Gasteiger partial charge in [-0.05, 0) is 24.1 Å². The number of benzene rings is 1. The van der Waals surface area contributed by atoms with Gasteiger partial charge in [0, 0.05) is 6.42 Å². The van der Waals surface area contributed by atoms with E-state index in [4.69, 9.17) is 9.47 Å². The first-order valence-corrected chi connectivity index (χ1v) is 6.72. The van der Waals surface area contributed by atoms with Crippen LogP contribution in [0.15, 0.2) is 33.6 Å². The van der Waals surface area contributed by atoms with Gasteiger partial charge < -0.3 is 9.47 Å². The van der Waals surface area contributed by atoms with Crippen LogP contribution in [-0.2, 0) is 22.3 Å². The van der Waals surface area contributed by atoms with Crippen molar-refractivity contribution in [2.24, 2.45) is 0 Å². The number of aromatic nitrogens is 2. The van der Waals surface area contributed by atoms with Crippen LogP contribution in [0.1, 0.15) is 17.8 Å². The van der Waals surface area contributed by atoms with E-state index in [2.05, 4.69) is 14.7 Å². The van der Waals surface area contributed by atoms with Crippen molar-refractivity contribution in [1.29, 1.82) is 0 Å². The van der Waals surface area contributed by atoms with Crippen LogP contribution in [-0.4, -0.2) is 29.1 Å². The van der Waals surface area contributed by atoms with Gasteiger partial charge in [0.25, 0.3) is 0 Å². The molecule has 6 nitrogen and oxygen atoms in total. The molecular formula is C14H15FN2O4. The summed E-state index contributed by atoms with van der Waals surface area (Å²) in [6.07, 6.45) is 1.55. The molecule has 3 rings (SSSR count). The first-order valence-electron chi connectivity index (χ1n) is 6.72. The van der Waals surface area contributed by atoms with Crippen LogP contribution >= 0.6 is 0 Å². The lowest BCUT2D eigenvalue weighted by molar-refractivity contribution is -0.161. The molecule has 2 aromatic rings. The molecule has 0 atom stereocenters. The van der Waals surface area contributed by atoms with Crippen molar-refractivity contribution in [3.8, 4) is 0 Å². The van der Waals surface area contributed by atoms with Gasteiger partial charge in [-0.3, -0.25) is 9.51 Å². The van der Waals surface area contributed by atoms with Gasteiger partial charge in [-0.1, -0.05) is 17.3 Å². The number of nitrogens with zero attached hydrogens (tertiary/aromatic N) is 1. The molecule has 1 N–H and O–H groups in total. The number of hydrogen-bond donors (Lipinski definition) is 1. The van der Waals surface area contributed by atoms with Gasteiger partial charge in [-0.25, -0.2) is 9.18 Å². The van der Waals surface area contributed by atoms with Crippen LogP contribution < -0.4 is 5.76 Å². The van der Waals surface area contributed by atoms with E-state index in [1.54, 1.807) is 12.1 Å². The Morgan fingerprint density at radius 2 is 1.95 bits per heavy atom. The quantitative estimate of drug-likeness (QED) is 0.902. The van der Waals surface area contributed by atoms with E-state index in [1.807, 2.05) is 0 Å². The van der Waals surface area contributed by atoms with Crippen molar-refractivity contribution in [3.63, 3.8) is 0 Å². The minimum atomic E-state index is -0.825. The smallest absolute Gasteiger partial charge is 0.347 e. The average Bonchev–Trinajstić information content (AvgIpc) is 3.09. The van der Waals surface area contributed by atoms with Crippen molar-refractivity contribution < 1.29 is 18.4 Å². The number of H-pyrrole nitrogens is 1. The molecule has 1 aliphatic rings. The van der Waals surface area contributed by atoms with Crippen LogP contribution in [0.25, 0.3) is 0 Å². The minimum Gasteiger partial charge on any atom is -0.347 e. The molecule has 0 amide bonds. The van der Waals surface area contributed by atoms with Crippen molar-refractivity contribution in [1.82, 2.24) is 10.1 Å². The second kappa shape index (κ2) is 5.79. The highest BCUT2D eigenvalue weighted by molar-refractivity contribution is 5.16. The van der Waals surface area contributed by atoms with Gasteiger partial charge in [0.1, 0.15) is 5.82 Å². The van der Waals surface area contributed by atoms with E-state index in [0.29, 0.717) is 38.3 Å². The highest BCUT2D eigenvalue weighted by Crippen LogP contribution is 2.28. The fourth-order valence-electron chi connectivity index (χ4n) is 2.41. The van der Waals surface area contributed by atoms with Crippen LogP contribution in [0, 0.1) is 5.82 Å². The molecule has 1 aromatic heterocycles. The lowest BCUT2D eigenvalue weighted by Gasteiger charge is -2.26. The van der Waals surface area contributed by atoms with Gasteiger partial charge >= 0.3 is 5.76 Å². The molecule has 1 saturated heterocycles. The second-order valence-electron chi connectivity index (χ2n) is 4.95. The monoisotopic (exact) mass is 294 g/mol. The van der Waals surface area contributed by atoms with Gasteiger partial charge in [0.2, 0.25) is 0 Å². The summed E-state index contributed by atoms with van der Waals surface area (Å²) in [4.78, 5) is 13.5. The lowest BCUT2D eigenvalue weighted by Crippen LogP contribution is -2.34. The van der Waals surface area contributed by atoms with Crippen molar-refractivity contribution in [3.05, 3.63) is 52.0 Å². The van der Waals surface area contributed by atoms with Gasteiger partial charge in [0.15, 0.2) is 11.6 Å². The number of halogens is 1. The summed E-state index contributed by atoms with van der Waals surface area (Å²) in [5.74, 6) is -1.30. The maximum atomic E-state index is 12.9. The summed E-state index contributed by atoms with van der Waals surface area (Å²) >= 11 is 0. The summed E-state index contributed by atoms with van der Waals surface area (Å²) in [7, 11) is 0. The van der Waals surface area contributed by atoms with Crippen LogP contribution in [0.4, 0.5) is 4.39 Å². The molecule has 0 unspecified atom stereocenters. The van der Waals surface area contributed by atoms with Gasteiger partial charge in [-0.15, -0.1) is 0 Å². The number of aromatic amines is 1. The molecular weight excluding hydrogens is 279 g/mol. The first-order chi connectivity index (χ1) is 10.2. The summed E-state index contributed by atoms with van der Waals surface area (Å²) in [6, 6.07) is 6.31. The zero-order valence-corrected chi connectivity index (χ0v) is 11.3. The van der Waals surface area contributed by atoms with E-state index in [9.17, 15) is 9.18 Å². The molecule has 112 valence electrons. The minimum absolute atomic E-state index is 0.262. The molecule has 1 aromatic carbocycles. The third-order valence-corrected chi connectivity index (χ3v) is 3.44. The zero-order chi connectivity index (χ0) is 14.7. The van der Waals surface area contributed by atoms with Gasteiger partial charge in [0.05, 0.1) is 19.6 Å². The molecule has 21 heavy (non-hydrogen) atoms. The molecule has 0 radical (unpaired) electrons. The highest BCUT2D eigenvalue weighted by atomic mass is 19.1. The Kier molecular flexibility index (Phi) is 3.85. The standard InChI is InChI=1S/C14H15FN2O4/c15-11-3-1-10(2-4-11)5-6-14(19-7-8-20-14)9-12-16-13(18)21-17-12/h1-4H,5-9H2,(H,16,17,18). The Morgan fingerprint density at radius 1 is 1.24 bits per heavy atom. The predicted octanol–water partition coefficient (Wildman–Crippen LogP) is 1.42. The second-order valence-corrected chi connectivity index (χ2v) is 4.95. The predicted molar refractivity (Wildman–Crippen MR) is 70.2 cm³/mol. The third-order valence-electron chi connectivity index (χ3n) is 3.44. The molecule has 7 heteroatoms. The molecule has 0 spiro atoms. The van der Waals surface area contributed by atoms with E-state index in [0.717, 1.165) is 5.56 Å². The normalized spacial score (nSPS) is 17.2. The van der Waals surface area contributed by atoms with Gasteiger partial charge in [-0.2, -0.15) is 0 Å². The highest BCUT2D eigenvalue weighted by Gasteiger charge is 2.37. The van der Waals surface area contributed by atoms with Crippen LogP contribution in [0.3, 0.4) is 0 Å². The largest absolute Gasteiger partial charge is 0.438 e. The SMILES string of the molecule is O=c1[nH]c(CC2(CCc3ccc(F)cc3)OCCO2)no1. The Morgan fingerprint density at radius 3 is 2.57 bits per heavy atom. The Labute approximate surface area is 119 Å². The van der Waals surface area contributed by atoms with Crippen molar-refractivity contribution in [2.45, 2.75) is 25.0 Å². The Hall–Kier alpha value is -1.99. The first kappa shape index (κ1) is 14.0. The maximum absolute atomic E-state index is 12.9. The Balaban J connectivity index is 1.69. The molecule has 0 saturated carbocycles. The topological polar surface area (TPSA) is 77.4 Å². The molecule has 0 aliphatic carbocycles. The number of aryl methyl sites for hydroxylation is 1. The molecule has 2 heterocycles. The summed E-state index contributed by atoms with van der Waals surface area (Å²) in [6.45, 7) is 0.983. The van der Waals surface area contributed by atoms with E-state index < -0.39 is 11.5 Å². The number of rotatable bonds is 5. The summed E-state index contributed by atoms with van der Waals surface area (Å²) in [5.41, 5.74) is 0.989. The fourth-order valence-corrected chi connectivity index (χ4v) is 2.41.